The summed E-state index contributed by atoms with van der Waals surface area (Å²) in [5.74, 6) is -1.20. The molecule has 0 spiro atoms. The maximum absolute atomic E-state index is 12.1. The zero-order chi connectivity index (χ0) is 17.8. The Labute approximate surface area is 146 Å². The highest BCUT2D eigenvalue weighted by molar-refractivity contribution is 5.94. The quantitative estimate of drug-likeness (QED) is 0.840. The Morgan fingerprint density at radius 2 is 2.04 bits per heavy atom. The summed E-state index contributed by atoms with van der Waals surface area (Å²) >= 11 is 0. The highest BCUT2D eigenvalue weighted by atomic mass is 16.5. The van der Waals surface area contributed by atoms with Crippen LogP contribution < -0.4 is 5.32 Å². The first kappa shape index (κ1) is 17.0. The summed E-state index contributed by atoms with van der Waals surface area (Å²) in [5.41, 5.74) is 3.27. The summed E-state index contributed by atoms with van der Waals surface area (Å²) in [5, 5.41) is 12.7. The largest absolute Gasteiger partial charge is 0.507 e. The maximum atomic E-state index is 12.1. The van der Waals surface area contributed by atoms with Crippen LogP contribution in [0.4, 0.5) is 0 Å². The van der Waals surface area contributed by atoms with Gasteiger partial charge in [0.25, 0.3) is 5.91 Å². The predicted octanol–water partition coefficient (Wildman–Crippen LogP) is 3.05. The number of ether oxygens (including phenoxy) is 1. The minimum Gasteiger partial charge on any atom is -0.507 e. The number of phenols is 1. The molecular weight excluding hydrogens is 318 g/mol. The average molecular weight is 339 g/mol. The van der Waals surface area contributed by atoms with E-state index >= 15 is 0 Å². The topological polar surface area (TPSA) is 75.6 Å². The molecule has 1 aliphatic carbocycles. The number of carbonyl (C=O) groups is 2. The average Bonchev–Trinajstić information content (AvgIpc) is 2.60. The van der Waals surface area contributed by atoms with E-state index in [1.54, 1.807) is 6.07 Å². The molecule has 0 fully saturated rings. The van der Waals surface area contributed by atoms with Crippen molar-refractivity contribution in [2.24, 2.45) is 0 Å². The van der Waals surface area contributed by atoms with Crippen LogP contribution in [0, 0.1) is 6.92 Å². The van der Waals surface area contributed by atoms with Gasteiger partial charge in [0, 0.05) is 0 Å². The van der Waals surface area contributed by atoms with Crippen LogP contribution in [0.2, 0.25) is 0 Å². The minimum absolute atomic E-state index is 0.0519. The standard InChI is InChI=1S/C20H21NO4/c1-13-9-10-16(18(22)11-13)20(24)25-12-19(23)21-17-8-4-6-14-5-2-3-7-15(14)17/h2-3,5,7,9-11,17,22H,4,6,8,12H2,1H3,(H,21,23)/t17-/m0/s1. The number of fused-ring (bicyclic) bond motifs is 1. The molecule has 2 N–H and O–H groups in total. The van der Waals surface area contributed by atoms with E-state index in [1.807, 2.05) is 25.1 Å². The van der Waals surface area contributed by atoms with E-state index in [4.69, 9.17) is 4.74 Å². The van der Waals surface area contributed by atoms with Crippen LogP contribution in [-0.4, -0.2) is 23.6 Å². The number of hydrogen-bond acceptors (Lipinski definition) is 4. The highest BCUT2D eigenvalue weighted by Crippen LogP contribution is 2.29. The fraction of sp³-hybridized carbons (Fsp3) is 0.300. The van der Waals surface area contributed by atoms with E-state index < -0.39 is 5.97 Å². The number of aromatic hydroxyl groups is 1. The summed E-state index contributed by atoms with van der Waals surface area (Å²) < 4.78 is 5.03. The van der Waals surface area contributed by atoms with E-state index in [1.165, 1.54) is 17.7 Å². The van der Waals surface area contributed by atoms with E-state index in [0.29, 0.717) is 0 Å². The van der Waals surface area contributed by atoms with Gasteiger partial charge < -0.3 is 15.2 Å². The number of hydrogen-bond donors (Lipinski definition) is 2. The summed E-state index contributed by atoms with van der Waals surface area (Å²) in [4.78, 5) is 24.2. The summed E-state index contributed by atoms with van der Waals surface area (Å²) in [6, 6.07) is 12.7. The van der Waals surface area contributed by atoms with Gasteiger partial charge in [-0.1, -0.05) is 30.3 Å². The Bertz CT molecular complexity index is 800. The lowest BCUT2D eigenvalue weighted by Gasteiger charge is -2.26. The van der Waals surface area contributed by atoms with E-state index in [9.17, 15) is 14.7 Å². The van der Waals surface area contributed by atoms with Gasteiger partial charge in [0.15, 0.2) is 6.61 Å². The van der Waals surface area contributed by atoms with Gasteiger partial charge in [0.2, 0.25) is 0 Å². The molecule has 0 radical (unpaired) electrons. The molecule has 3 rings (SSSR count). The van der Waals surface area contributed by atoms with Crippen molar-refractivity contribution in [1.82, 2.24) is 5.32 Å². The minimum atomic E-state index is -0.711. The molecule has 0 heterocycles. The molecule has 5 heteroatoms. The zero-order valence-electron chi connectivity index (χ0n) is 14.1. The summed E-state index contributed by atoms with van der Waals surface area (Å²) in [6.45, 7) is 1.44. The van der Waals surface area contributed by atoms with Gasteiger partial charge in [0.1, 0.15) is 11.3 Å². The Morgan fingerprint density at radius 3 is 2.84 bits per heavy atom. The lowest BCUT2D eigenvalue weighted by atomic mass is 9.88. The van der Waals surface area contributed by atoms with Crippen molar-refractivity contribution < 1.29 is 19.4 Å². The van der Waals surface area contributed by atoms with Crippen LogP contribution >= 0.6 is 0 Å². The molecule has 5 nitrogen and oxygen atoms in total. The van der Waals surface area contributed by atoms with Crippen LogP contribution in [0.5, 0.6) is 5.75 Å². The van der Waals surface area contributed by atoms with Crippen LogP contribution in [0.15, 0.2) is 42.5 Å². The Balaban J connectivity index is 1.58. The molecule has 0 saturated carbocycles. The van der Waals surface area contributed by atoms with Gasteiger partial charge in [-0.2, -0.15) is 0 Å². The maximum Gasteiger partial charge on any atom is 0.342 e. The SMILES string of the molecule is Cc1ccc(C(=O)OCC(=O)N[C@H]2CCCc3ccccc32)c(O)c1. The molecule has 0 unspecified atom stereocenters. The lowest BCUT2D eigenvalue weighted by Crippen LogP contribution is -2.34. The summed E-state index contributed by atoms with van der Waals surface area (Å²) in [7, 11) is 0. The van der Waals surface area contributed by atoms with Gasteiger partial charge in [-0.05, 0) is 55.0 Å². The van der Waals surface area contributed by atoms with Crippen molar-refractivity contribution in [2.45, 2.75) is 32.2 Å². The van der Waals surface area contributed by atoms with Gasteiger partial charge in [-0.3, -0.25) is 4.79 Å². The van der Waals surface area contributed by atoms with Crippen LogP contribution in [0.25, 0.3) is 0 Å². The number of rotatable bonds is 4. The van der Waals surface area contributed by atoms with Crippen LogP contribution in [0.1, 0.15) is 45.9 Å². The number of nitrogens with one attached hydrogen (secondary N) is 1. The van der Waals surface area contributed by atoms with Crippen molar-refractivity contribution in [3.63, 3.8) is 0 Å². The molecule has 0 aliphatic heterocycles. The van der Waals surface area contributed by atoms with Gasteiger partial charge in [-0.15, -0.1) is 0 Å². The van der Waals surface area contributed by atoms with Crippen LogP contribution in [-0.2, 0) is 16.0 Å². The molecule has 0 aromatic heterocycles. The first-order chi connectivity index (χ1) is 12.0. The van der Waals surface area contributed by atoms with Crippen molar-refractivity contribution in [2.75, 3.05) is 6.61 Å². The first-order valence-corrected chi connectivity index (χ1v) is 8.38. The molecule has 130 valence electrons. The molecule has 2 aromatic carbocycles. The fourth-order valence-electron chi connectivity index (χ4n) is 3.16. The smallest absolute Gasteiger partial charge is 0.342 e. The zero-order valence-corrected chi connectivity index (χ0v) is 14.1. The second kappa shape index (κ2) is 7.38. The number of esters is 1. The number of carbonyl (C=O) groups excluding carboxylic acids is 2. The Morgan fingerprint density at radius 1 is 1.24 bits per heavy atom. The van der Waals surface area contributed by atoms with Crippen molar-refractivity contribution in [3.05, 3.63) is 64.7 Å². The number of aryl methyl sites for hydroxylation is 2. The Kier molecular flexibility index (Phi) is 5.03. The molecule has 25 heavy (non-hydrogen) atoms. The third-order valence-corrected chi connectivity index (χ3v) is 4.41. The molecule has 0 bridgehead atoms. The molecule has 1 amide bonds. The monoisotopic (exact) mass is 339 g/mol. The second-order valence-electron chi connectivity index (χ2n) is 6.31. The van der Waals surface area contributed by atoms with E-state index in [2.05, 4.69) is 11.4 Å². The van der Waals surface area contributed by atoms with E-state index in [0.717, 1.165) is 30.4 Å². The third-order valence-electron chi connectivity index (χ3n) is 4.41. The fourth-order valence-corrected chi connectivity index (χ4v) is 3.16. The number of benzene rings is 2. The number of phenolic OH excluding ortho intramolecular Hbond substituents is 1. The summed E-state index contributed by atoms with van der Waals surface area (Å²) in [6.07, 6.45) is 2.90. The highest BCUT2D eigenvalue weighted by Gasteiger charge is 2.22. The molecule has 1 aliphatic rings. The van der Waals surface area contributed by atoms with Gasteiger partial charge >= 0.3 is 5.97 Å². The van der Waals surface area contributed by atoms with Gasteiger partial charge in [0.05, 0.1) is 6.04 Å². The second-order valence-corrected chi connectivity index (χ2v) is 6.31. The van der Waals surface area contributed by atoms with Crippen molar-refractivity contribution in [3.8, 4) is 5.75 Å². The van der Waals surface area contributed by atoms with Gasteiger partial charge in [-0.25, -0.2) is 4.79 Å². The van der Waals surface area contributed by atoms with Crippen molar-refractivity contribution >= 4 is 11.9 Å². The molecule has 0 saturated heterocycles. The third kappa shape index (κ3) is 3.99. The lowest BCUT2D eigenvalue weighted by molar-refractivity contribution is -0.125. The molecular formula is C20H21NO4. The predicted molar refractivity (Wildman–Crippen MR) is 93.4 cm³/mol. The Hall–Kier alpha value is -2.82. The van der Waals surface area contributed by atoms with E-state index in [-0.39, 0.29) is 29.9 Å². The number of amides is 1. The normalized spacial score (nSPS) is 16.0. The molecule has 2 aromatic rings. The molecule has 1 atom stereocenters. The van der Waals surface area contributed by atoms with Crippen LogP contribution in [0.3, 0.4) is 0 Å². The first-order valence-electron chi connectivity index (χ1n) is 8.38. The van der Waals surface area contributed by atoms with Crippen molar-refractivity contribution in [1.29, 1.82) is 0 Å².